The second-order valence-electron chi connectivity index (χ2n) is 5.80. The van der Waals surface area contributed by atoms with Crippen LogP contribution in [0.25, 0.3) is 0 Å². The maximum absolute atomic E-state index is 12.4. The molecule has 5 nitrogen and oxygen atoms in total. The second-order valence-corrected chi connectivity index (χ2v) is 5.80. The molecule has 0 aliphatic rings. The highest BCUT2D eigenvalue weighted by molar-refractivity contribution is 6.45. The normalized spacial score (nSPS) is 11.1. The quantitative estimate of drug-likeness (QED) is 0.622. The number of ether oxygens (including phenoxy) is 1. The first-order chi connectivity index (χ1) is 12.0. The summed E-state index contributed by atoms with van der Waals surface area (Å²) in [6.07, 6.45) is 0.727. The second kappa shape index (κ2) is 8.87. The van der Waals surface area contributed by atoms with E-state index >= 15 is 0 Å². The van der Waals surface area contributed by atoms with Crippen LogP contribution in [-0.4, -0.2) is 32.4 Å². The van der Waals surface area contributed by atoms with E-state index in [1.807, 2.05) is 50.2 Å². The zero-order chi connectivity index (χ0) is 18.2. The summed E-state index contributed by atoms with van der Waals surface area (Å²) in [5.74, 6) is 0.609. The van der Waals surface area contributed by atoms with E-state index < -0.39 is 0 Å². The summed E-state index contributed by atoms with van der Waals surface area (Å²) in [7, 11) is 3.09. The van der Waals surface area contributed by atoms with Crippen LogP contribution in [0.5, 0.6) is 5.75 Å². The van der Waals surface area contributed by atoms with Crippen LogP contribution in [0.1, 0.15) is 22.3 Å². The number of oxime groups is 1. The molecule has 0 bridgehead atoms. The van der Waals surface area contributed by atoms with Gasteiger partial charge in [-0.05, 0) is 37.5 Å². The fourth-order valence-electron chi connectivity index (χ4n) is 2.53. The molecule has 0 radical (unpaired) electrons. The lowest BCUT2D eigenvalue weighted by molar-refractivity contribution is -0.114. The number of carbonyl (C=O) groups excluding carboxylic acids is 1. The summed E-state index contributed by atoms with van der Waals surface area (Å²) in [6, 6.07) is 13.6. The Kier molecular flexibility index (Phi) is 6.57. The minimum absolute atomic E-state index is 0.254. The van der Waals surface area contributed by atoms with Gasteiger partial charge in [-0.3, -0.25) is 4.79 Å². The van der Waals surface area contributed by atoms with Gasteiger partial charge in [0.25, 0.3) is 5.91 Å². The molecular weight excluding hydrogens is 316 g/mol. The van der Waals surface area contributed by atoms with Gasteiger partial charge < -0.3 is 14.9 Å². The molecule has 0 fully saturated rings. The summed E-state index contributed by atoms with van der Waals surface area (Å²) >= 11 is 0. The summed E-state index contributed by atoms with van der Waals surface area (Å²) in [5.41, 5.74) is 4.33. The van der Waals surface area contributed by atoms with E-state index in [9.17, 15) is 4.79 Å². The van der Waals surface area contributed by atoms with E-state index in [-0.39, 0.29) is 11.6 Å². The lowest BCUT2D eigenvalue weighted by Gasteiger charge is -2.10. The number of hydrogen-bond donors (Lipinski definition) is 1. The highest BCUT2D eigenvalue weighted by atomic mass is 16.6. The van der Waals surface area contributed by atoms with Crippen molar-refractivity contribution in [3.63, 3.8) is 0 Å². The molecule has 0 aliphatic carbocycles. The predicted molar refractivity (Wildman–Crippen MR) is 99.2 cm³/mol. The number of methoxy groups -OCH3 is 1. The maximum Gasteiger partial charge on any atom is 0.273 e. The Morgan fingerprint density at radius 1 is 1.08 bits per heavy atom. The van der Waals surface area contributed by atoms with E-state index in [0.29, 0.717) is 6.54 Å². The number of amides is 1. The number of nitrogens with zero attached hydrogens (tertiary/aromatic N) is 1. The molecule has 2 aromatic carbocycles. The minimum Gasteiger partial charge on any atom is -0.496 e. The van der Waals surface area contributed by atoms with Gasteiger partial charge in [0.1, 0.15) is 12.9 Å². The van der Waals surface area contributed by atoms with Crippen LogP contribution in [0.2, 0.25) is 0 Å². The van der Waals surface area contributed by atoms with Crippen LogP contribution in [-0.2, 0) is 16.1 Å². The van der Waals surface area contributed by atoms with E-state index in [2.05, 4.69) is 16.5 Å². The molecule has 0 aromatic heterocycles. The first-order valence-corrected chi connectivity index (χ1v) is 8.15. The van der Waals surface area contributed by atoms with Crippen LogP contribution in [0.3, 0.4) is 0 Å². The molecule has 0 unspecified atom stereocenters. The van der Waals surface area contributed by atoms with Gasteiger partial charge in [0.05, 0.1) is 7.11 Å². The molecule has 0 saturated heterocycles. The number of aryl methyl sites for hydroxylation is 2. The fourth-order valence-corrected chi connectivity index (χ4v) is 2.53. The molecule has 0 spiro atoms. The molecule has 0 atom stereocenters. The third-order valence-corrected chi connectivity index (χ3v) is 3.88. The zero-order valence-corrected chi connectivity index (χ0v) is 15.1. The van der Waals surface area contributed by atoms with Crippen LogP contribution in [0.15, 0.2) is 47.6 Å². The lowest BCUT2D eigenvalue weighted by atomic mass is 10.1. The van der Waals surface area contributed by atoms with Crippen molar-refractivity contribution in [3.8, 4) is 5.75 Å². The Bertz CT molecular complexity index is 752. The smallest absolute Gasteiger partial charge is 0.273 e. The number of nitrogens with one attached hydrogen (secondary N) is 1. The van der Waals surface area contributed by atoms with Crippen LogP contribution >= 0.6 is 0 Å². The van der Waals surface area contributed by atoms with Crippen molar-refractivity contribution >= 4 is 11.6 Å². The first kappa shape index (κ1) is 18.5. The molecule has 132 valence electrons. The monoisotopic (exact) mass is 340 g/mol. The van der Waals surface area contributed by atoms with Crippen molar-refractivity contribution in [2.75, 3.05) is 20.8 Å². The van der Waals surface area contributed by atoms with Crippen molar-refractivity contribution < 1.29 is 14.4 Å². The van der Waals surface area contributed by atoms with Gasteiger partial charge in [-0.2, -0.15) is 0 Å². The standard InChI is InChI=1S/C20H24N2O3/c1-14-5-8-17(9-6-14)19(22-25-4)20(23)21-12-11-16-7-10-18(24-3)15(2)13-16/h5-10,13H,11-12H2,1-4H3,(H,21,23)/b22-19-. The Labute approximate surface area is 148 Å². The van der Waals surface area contributed by atoms with Crippen LogP contribution in [0.4, 0.5) is 0 Å². The van der Waals surface area contributed by atoms with Crippen LogP contribution in [0, 0.1) is 13.8 Å². The number of rotatable bonds is 7. The Hall–Kier alpha value is -2.82. The van der Waals surface area contributed by atoms with Gasteiger partial charge in [0.15, 0.2) is 5.71 Å². The summed E-state index contributed by atoms with van der Waals surface area (Å²) in [5, 5.41) is 6.77. The number of benzene rings is 2. The molecule has 0 aliphatic heterocycles. The predicted octanol–water partition coefficient (Wildman–Crippen LogP) is 3.02. The zero-order valence-electron chi connectivity index (χ0n) is 15.1. The molecule has 1 N–H and O–H groups in total. The third kappa shape index (κ3) is 5.08. The summed E-state index contributed by atoms with van der Waals surface area (Å²) < 4.78 is 5.26. The SMILES string of the molecule is CO/N=C(\C(=O)NCCc1ccc(OC)c(C)c1)c1ccc(C)cc1. The maximum atomic E-state index is 12.4. The van der Waals surface area contributed by atoms with Gasteiger partial charge in [0, 0.05) is 12.1 Å². The highest BCUT2D eigenvalue weighted by Crippen LogP contribution is 2.18. The minimum atomic E-state index is -0.254. The van der Waals surface area contributed by atoms with E-state index in [1.165, 1.54) is 7.11 Å². The van der Waals surface area contributed by atoms with Gasteiger partial charge >= 0.3 is 0 Å². The van der Waals surface area contributed by atoms with Gasteiger partial charge in [-0.1, -0.05) is 47.1 Å². The summed E-state index contributed by atoms with van der Waals surface area (Å²) in [6.45, 7) is 4.51. The Balaban J connectivity index is 1.98. The van der Waals surface area contributed by atoms with Gasteiger partial charge in [-0.25, -0.2) is 0 Å². The molecule has 1 amide bonds. The van der Waals surface area contributed by atoms with E-state index in [1.54, 1.807) is 7.11 Å². The van der Waals surface area contributed by atoms with Crippen molar-refractivity contribution in [1.29, 1.82) is 0 Å². The van der Waals surface area contributed by atoms with Gasteiger partial charge in [-0.15, -0.1) is 0 Å². The fraction of sp³-hybridized carbons (Fsp3) is 0.300. The van der Waals surface area contributed by atoms with Crippen molar-refractivity contribution in [2.24, 2.45) is 5.16 Å². The van der Waals surface area contributed by atoms with Crippen molar-refractivity contribution in [3.05, 3.63) is 64.7 Å². The molecule has 2 rings (SSSR count). The van der Waals surface area contributed by atoms with Crippen LogP contribution < -0.4 is 10.1 Å². The molecular formula is C20H24N2O3. The van der Waals surface area contributed by atoms with Gasteiger partial charge in [0.2, 0.25) is 0 Å². The highest BCUT2D eigenvalue weighted by Gasteiger charge is 2.14. The first-order valence-electron chi connectivity index (χ1n) is 8.15. The summed E-state index contributed by atoms with van der Waals surface area (Å²) in [4.78, 5) is 17.3. The molecule has 25 heavy (non-hydrogen) atoms. The molecule has 0 saturated carbocycles. The van der Waals surface area contributed by atoms with Crippen molar-refractivity contribution in [2.45, 2.75) is 20.3 Å². The Morgan fingerprint density at radius 3 is 2.40 bits per heavy atom. The largest absolute Gasteiger partial charge is 0.496 e. The molecule has 2 aromatic rings. The topological polar surface area (TPSA) is 59.9 Å². The molecule has 0 heterocycles. The third-order valence-electron chi connectivity index (χ3n) is 3.88. The molecule has 5 heteroatoms. The average Bonchev–Trinajstić information content (AvgIpc) is 2.60. The Morgan fingerprint density at radius 2 is 1.80 bits per heavy atom. The van der Waals surface area contributed by atoms with Crippen molar-refractivity contribution in [1.82, 2.24) is 5.32 Å². The van der Waals surface area contributed by atoms with E-state index in [0.717, 1.165) is 34.4 Å². The average molecular weight is 340 g/mol. The lowest BCUT2D eigenvalue weighted by Crippen LogP contribution is -2.33. The number of hydrogen-bond acceptors (Lipinski definition) is 4. The number of carbonyl (C=O) groups is 1. The van der Waals surface area contributed by atoms with E-state index in [4.69, 9.17) is 9.57 Å².